The zero-order chi connectivity index (χ0) is 23.0. The molecule has 1 fully saturated rings. The predicted molar refractivity (Wildman–Crippen MR) is 134 cm³/mol. The van der Waals surface area contributed by atoms with Gasteiger partial charge in [0.05, 0.1) is 0 Å². The highest BCUT2D eigenvalue weighted by atomic mass is 19.1. The van der Waals surface area contributed by atoms with Gasteiger partial charge in [0.25, 0.3) is 0 Å². The van der Waals surface area contributed by atoms with E-state index in [-0.39, 0.29) is 11.6 Å². The molecule has 0 heterocycles. The molecule has 1 saturated carbocycles. The third-order valence-corrected chi connectivity index (χ3v) is 7.38. The Balaban J connectivity index is 1.34. The summed E-state index contributed by atoms with van der Waals surface area (Å²) in [5, 5.41) is 0. The first-order chi connectivity index (χ1) is 16.1. The van der Waals surface area contributed by atoms with Crippen LogP contribution in [-0.2, 0) is 12.8 Å². The highest BCUT2D eigenvalue weighted by molar-refractivity contribution is 5.65. The van der Waals surface area contributed by atoms with Crippen LogP contribution < -0.4 is 0 Å². The van der Waals surface area contributed by atoms with E-state index in [4.69, 9.17) is 0 Å². The van der Waals surface area contributed by atoms with Gasteiger partial charge in [0.1, 0.15) is 11.6 Å². The molecule has 0 radical (unpaired) electrons. The van der Waals surface area contributed by atoms with Crippen molar-refractivity contribution < 1.29 is 8.78 Å². The predicted octanol–water partition coefficient (Wildman–Crippen LogP) is 9.27. The van der Waals surface area contributed by atoms with Gasteiger partial charge in [0, 0.05) is 5.56 Å². The van der Waals surface area contributed by atoms with Crippen molar-refractivity contribution in [3.8, 4) is 11.1 Å². The molecule has 4 rings (SSSR count). The molecular weight excluding hydrogens is 410 g/mol. The minimum atomic E-state index is -0.193. The summed E-state index contributed by atoms with van der Waals surface area (Å²) in [4.78, 5) is 0. The van der Waals surface area contributed by atoms with Crippen molar-refractivity contribution in [2.24, 2.45) is 5.92 Å². The molecule has 1 aliphatic rings. The Morgan fingerprint density at radius 3 is 2.21 bits per heavy atom. The molecule has 3 aromatic rings. The van der Waals surface area contributed by atoms with E-state index >= 15 is 4.39 Å². The van der Waals surface area contributed by atoms with E-state index < -0.39 is 0 Å². The van der Waals surface area contributed by atoms with Crippen LogP contribution >= 0.6 is 0 Å². The quantitative estimate of drug-likeness (QED) is 0.287. The first-order valence-electron chi connectivity index (χ1n) is 12.8. The van der Waals surface area contributed by atoms with E-state index in [1.165, 1.54) is 63.0 Å². The topological polar surface area (TPSA) is 0 Å². The lowest BCUT2D eigenvalue weighted by atomic mass is 9.77. The summed E-state index contributed by atoms with van der Waals surface area (Å²) in [5.74, 6) is 1.06. The maximum Gasteiger partial charge on any atom is 0.131 e. The second kappa shape index (κ2) is 11.6. The van der Waals surface area contributed by atoms with Crippen molar-refractivity contribution in [3.05, 3.63) is 95.1 Å². The molecule has 0 amide bonds. The normalized spacial score (nSPS) is 18.4. The van der Waals surface area contributed by atoms with E-state index in [0.29, 0.717) is 11.5 Å². The lowest BCUT2D eigenvalue weighted by molar-refractivity contribution is 0.302. The van der Waals surface area contributed by atoms with Gasteiger partial charge in [0.2, 0.25) is 0 Å². The molecule has 0 unspecified atom stereocenters. The van der Waals surface area contributed by atoms with Gasteiger partial charge in [-0.15, -0.1) is 0 Å². The van der Waals surface area contributed by atoms with E-state index in [0.717, 1.165) is 35.4 Å². The average molecular weight is 447 g/mol. The fourth-order valence-electron chi connectivity index (χ4n) is 5.32. The summed E-state index contributed by atoms with van der Waals surface area (Å²) in [7, 11) is 0. The molecule has 0 atom stereocenters. The van der Waals surface area contributed by atoms with Gasteiger partial charge in [-0.2, -0.15) is 0 Å². The van der Waals surface area contributed by atoms with Crippen LogP contribution in [-0.4, -0.2) is 0 Å². The number of unbranched alkanes of at least 4 members (excludes halogenated alkanes) is 2. The Morgan fingerprint density at radius 2 is 1.52 bits per heavy atom. The van der Waals surface area contributed by atoms with Gasteiger partial charge in [-0.3, -0.25) is 0 Å². The fourth-order valence-corrected chi connectivity index (χ4v) is 5.32. The largest absolute Gasteiger partial charge is 0.207 e. The van der Waals surface area contributed by atoms with Gasteiger partial charge >= 0.3 is 0 Å². The van der Waals surface area contributed by atoms with E-state index in [1.54, 1.807) is 18.2 Å². The Labute approximate surface area is 198 Å². The minimum absolute atomic E-state index is 0.120. The van der Waals surface area contributed by atoms with Crippen LogP contribution in [0.25, 0.3) is 11.1 Å². The maximum absolute atomic E-state index is 15.0. The molecule has 1 aliphatic carbocycles. The molecule has 0 saturated heterocycles. The third-order valence-electron chi connectivity index (χ3n) is 7.38. The standard InChI is InChI=1S/C31H36F2/c1-2-3-4-6-23-11-15-26(16-12-23)28-19-20-30(31(33)22-28)27-17-13-24(14-18-27)9-10-25-7-5-8-29(32)21-25/h5,7-8,13-14,17-23,26H,2-4,6,9-12,15-16H2,1H3. The molecular formula is C31H36F2. The molecule has 0 aliphatic heterocycles. The van der Waals surface area contributed by atoms with Crippen molar-refractivity contribution in [1.29, 1.82) is 0 Å². The van der Waals surface area contributed by atoms with Gasteiger partial charge in [-0.05, 0) is 90.8 Å². The first-order valence-corrected chi connectivity index (χ1v) is 12.8. The van der Waals surface area contributed by atoms with Gasteiger partial charge in [-0.25, -0.2) is 8.78 Å². The average Bonchev–Trinajstić information content (AvgIpc) is 2.84. The van der Waals surface area contributed by atoms with Crippen molar-refractivity contribution in [1.82, 2.24) is 0 Å². The van der Waals surface area contributed by atoms with Crippen molar-refractivity contribution in [3.63, 3.8) is 0 Å². The van der Waals surface area contributed by atoms with Gasteiger partial charge < -0.3 is 0 Å². The Hall–Kier alpha value is -2.48. The number of aryl methyl sites for hydroxylation is 2. The molecule has 3 aromatic carbocycles. The first kappa shape index (κ1) is 23.7. The van der Waals surface area contributed by atoms with Gasteiger partial charge in [0.15, 0.2) is 0 Å². The van der Waals surface area contributed by atoms with Crippen LogP contribution in [0, 0.1) is 17.6 Å². The van der Waals surface area contributed by atoms with Crippen molar-refractivity contribution in [2.45, 2.75) is 77.0 Å². The van der Waals surface area contributed by atoms with Gasteiger partial charge in [-0.1, -0.05) is 81.1 Å². The SMILES string of the molecule is CCCCCC1CCC(c2ccc(-c3ccc(CCc4cccc(F)c4)cc3)c(F)c2)CC1. The monoisotopic (exact) mass is 446 g/mol. The molecule has 0 N–H and O–H groups in total. The van der Waals surface area contributed by atoms with Crippen molar-refractivity contribution >= 4 is 0 Å². The third kappa shape index (κ3) is 6.53. The van der Waals surface area contributed by atoms with Crippen molar-refractivity contribution in [2.75, 3.05) is 0 Å². The summed E-state index contributed by atoms with van der Waals surface area (Å²) in [6.45, 7) is 2.26. The zero-order valence-corrected chi connectivity index (χ0v) is 19.8. The number of halogens is 2. The second-order valence-electron chi connectivity index (χ2n) is 9.78. The molecule has 33 heavy (non-hydrogen) atoms. The number of hydrogen-bond donors (Lipinski definition) is 0. The van der Waals surface area contributed by atoms with E-state index in [1.807, 2.05) is 24.3 Å². The van der Waals surface area contributed by atoms with Crippen LogP contribution in [0.15, 0.2) is 66.7 Å². The lowest BCUT2D eigenvalue weighted by Gasteiger charge is -2.29. The Kier molecular flexibility index (Phi) is 8.31. The summed E-state index contributed by atoms with van der Waals surface area (Å²) in [5.41, 5.74) is 4.92. The highest BCUT2D eigenvalue weighted by Gasteiger charge is 2.23. The van der Waals surface area contributed by atoms with Crippen LogP contribution in [0.4, 0.5) is 8.78 Å². The summed E-state index contributed by atoms with van der Waals surface area (Å²) in [6.07, 6.45) is 12.0. The molecule has 174 valence electrons. The van der Waals surface area contributed by atoms with Crippen LogP contribution in [0.1, 0.15) is 80.9 Å². The van der Waals surface area contributed by atoms with Crippen LogP contribution in [0.5, 0.6) is 0 Å². The number of benzene rings is 3. The smallest absolute Gasteiger partial charge is 0.131 e. The van der Waals surface area contributed by atoms with E-state index in [9.17, 15) is 4.39 Å². The Morgan fingerprint density at radius 1 is 0.758 bits per heavy atom. The molecule has 0 aromatic heterocycles. The lowest BCUT2D eigenvalue weighted by Crippen LogP contribution is -2.13. The summed E-state index contributed by atoms with van der Waals surface area (Å²) >= 11 is 0. The second-order valence-corrected chi connectivity index (χ2v) is 9.78. The number of rotatable bonds is 9. The van der Waals surface area contributed by atoms with E-state index in [2.05, 4.69) is 25.1 Å². The molecule has 0 nitrogen and oxygen atoms in total. The highest BCUT2D eigenvalue weighted by Crippen LogP contribution is 2.39. The summed E-state index contributed by atoms with van der Waals surface area (Å²) in [6, 6.07) is 20.7. The zero-order valence-electron chi connectivity index (χ0n) is 19.8. The molecule has 2 heteroatoms. The minimum Gasteiger partial charge on any atom is -0.207 e. The number of hydrogen-bond acceptors (Lipinski definition) is 0. The molecule has 0 bridgehead atoms. The summed E-state index contributed by atoms with van der Waals surface area (Å²) < 4.78 is 28.4. The molecule has 0 spiro atoms. The maximum atomic E-state index is 15.0. The fraction of sp³-hybridized carbons (Fsp3) is 0.419. The van der Waals surface area contributed by atoms with Crippen LogP contribution in [0.2, 0.25) is 0 Å². The van der Waals surface area contributed by atoms with Crippen LogP contribution in [0.3, 0.4) is 0 Å². The Bertz CT molecular complexity index is 1010.